The lowest BCUT2D eigenvalue weighted by molar-refractivity contribution is 0.0748. The molecular formula is C30H35N3O6. The summed E-state index contributed by atoms with van der Waals surface area (Å²) in [5, 5.41) is 20.9. The predicted octanol–water partition coefficient (Wildman–Crippen LogP) is 4.29. The zero-order valence-corrected chi connectivity index (χ0v) is 22.5. The third kappa shape index (κ3) is 6.04. The van der Waals surface area contributed by atoms with Crippen LogP contribution in [0, 0.1) is 6.92 Å². The number of aryl methyl sites for hydroxylation is 1. The number of hydrogen-bond donors (Lipinski definition) is 2. The van der Waals surface area contributed by atoms with E-state index in [1.165, 1.54) is 30.2 Å². The molecule has 0 radical (unpaired) electrons. The molecule has 1 aromatic heterocycles. The lowest BCUT2D eigenvalue weighted by Gasteiger charge is -2.26. The SMILES string of the molecule is Cc1ccc(CN(C)C(=O)c2cc(C(=O)N3Cc4ccc(OCCN5CCCCC5)cc4C3)c(O)cc2O)o1. The summed E-state index contributed by atoms with van der Waals surface area (Å²) in [6, 6.07) is 11.8. The van der Waals surface area contributed by atoms with Gasteiger partial charge in [-0.2, -0.15) is 0 Å². The van der Waals surface area contributed by atoms with Crippen LogP contribution in [0.5, 0.6) is 17.2 Å². The summed E-state index contributed by atoms with van der Waals surface area (Å²) >= 11 is 0. The van der Waals surface area contributed by atoms with E-state index in [4.69, 9.17) is 9.15 Å². The minimum absolute atomic E-state index is 0.0378. The molecule has 2 N–H and O–H groups in total. The molecule has 0 atom stereocenters. The van der Waals surface area contributed by atoms with Crippen molar-refractivity contribution >= 4 is 11.8 Å². The summed E-state index contributed by atoms with van der Waals surface area (Å²) in [4.78, 5) is 31.9. The molecule has 9 heteroatoms. The number of phenolic OH excluding ortho intramolecular Hbond substituents is 2. The third-order valence-electron chi connectivity index (χ3n) is 7.42. The van der Waals surface area contributed by atoms with Crippen LogP contribution in [0.4, 0.5) is 0 Å². The van der Waals surface area contributed by atoms with Gasteiger partial charge in [-0.3, -0.25) is 14.5 Å². The molecule has 2 amide bonds. The normalized spacial score (nSPS) is 15.3. The quantitative estimate of drug-likeness (QED) is 0.445. The molecule has 3 heterocycles. The van der Waals surface area contributed by atoms with Crippen LogP contribution in [0.3, 0.4) is 0 Å². The Morgan fingerprint density at radius 3 is 2.44 bits per heavy atom. The first-order chi connectivity index (χ1) is 18.8. The molecule has 2 aliphatic heterocycles. The fourth-order valence-electron chi connectivity index (χ4n) is 5.25. The van der Waals surface area contributed by atoms with E-state index in [1.54, 1.807) is 24.1 Å². The number of carbonyl (C=O) groups is 2. The van der Waals surface area contributed by atoms with Crippen molar-refractivity contribution in [2.75, 3.05) is 33.3 Å². The van der Waals surface area contributed by atoms with E-state index in [0.29, 0.717) is 25.5 Å². The van der Waals surface area contributed by atoms with Gasteiger partial charge in [-0.25, -0.2) is 0 Å². The second-order valence-corrected chi connectivity index (χ2v) is 10.4. The molecular weight excluding hydrogens is 498 g/mol. The van der Waals surface area contributed by atoms with Crippen molar-refractivity contribution in [1.82, 2.24) is 14.7 Å². The van der Waals surface area contributed by atoms with Crippen LogP contribution in [0.25, 0.3) is 0 Å². The third-order valence-corrected chi connectivity index (χ3v) is 7.42. The number of likely N-dealkylation sites (tertiary alicyclic amines) is 1. The Kier molecular flexibility index (Phi) is 7.79. The van der Waals surface area contributed by atoms with Crippen LogP contribution < -0.4 is 4.74 Å². The van der Waals surface area contributed by atoms with Gasteiger partial charge in [-0.05, 0) is 74.3 Å². The maximum atomic E-state index is 13.4. The molecule has 5 rings (SSSR count). The van der Waals surface area contributed by atoms with Gasteiger partial charge in [0, 0.05) is 32.7 Å². The largest absolute Gasteiger partial charge is 0.507 e. The summed E-state index contributed by atoms with van der Waals surface area (Å²) in [5.41, 5.74) is 1.89. The molecule has 2 aromatic carbocycles. The maximum Gasteiger partial charge on any atom is 0.258 e. The zero-order valence-electron chi connectivity index (χ0n) is 22.5. The van der Waals surface area contributed by atoms with Crippen LogP contribution in [0.15, 0.2) is 46.9 Å². The van der Waals surface area contributed by atoms with E-state index in [2.05, 4.69) is 4.90 Å². The molecule has 0 saturated carbocycles. The summed E-state index contributed by atoms with van der Waals surface area (Å²) in [6.07, 6.45) is 3.80. The molecule has 1 fully saturated rings. The number of amides is 2. The lowest BCUT2D eigenvalue weighted by atomic mass is 10.1. The first-order valence-corrected chi connectivity index (χ1v) is 13.4. The van der Waals surface area contributed by atoms with E-state index in [-0.39, 0.29) is 23.4 Å². The minimum Gasteiger partial charge on any atom is -0.507 e. The number of hydrogen-bond acceptors (Lipinski definition) is 7. The second-order valence-electron chi connectivity index (χ2n) is 10.4. The van der Waals surface area contributed by atoms with Gasteiger partial charge in [0.2, 0.25) is 0 Å². The summed E-state index contributed by atoms with van der Waals surface area (Å²) in [5.74, 6) is 0.414. The maximum absolute atomic E-state index is 13.4. The fourth-order valence-corrected chi connectivity index (χ4v) is 5.25. The van der Waals surface area contributed by atoms with Crippen molar-refractivity contribution in [3.63, 3.8) is 0 Å². The Hall–Kier alpha value is -3.98. The molecule has 3 aromatic rings. The Balaban J connectivity index is 1.24. The van der Waals surface area contributed by atoms with Gasteiger partial charge in [-0.15, -0.1) is 0 Å². The van der Waals surface area contributed by atoms with Gasteiger partial charge < -0.3 is 29.2 Å². The number of fused-ring (bicyclic) bond motifs is 1. The average molecular weight is 534 g/mol. The van der Waals surface area contributed by atoms with Crippen LogP contribution in [-0.4, -0.2) is 70.0 Å². The number of piperidine rings is 1. The molecule has 9 nitrogen and oxygen atoms in total. The second kappa shape index (κ2) is 11.4. The van der Waals surface area contributed by atoms with E-state index in [1.807, 2.05) is 25.1 Å². The number of ether oxygens (including phenoxy) is 1. The zero-order chi connectivity index (χ0) is 27.5. The van der Waals surface area contributed by atoms with E-state index >= 15 is 0 Å². The number of rotatable bonds is 8. The molecule has 1 saturated heterocycles. The molecule has 0 unspecified atom stereocenters. The van der Waals surface area contributed by atoms with Gasteiger partial charge in [0.15, 0.2) is 0 Å². The Bertz CT molecular complexity index is 1360. The van der Waals surface area contributed by atoms with E-state index in [0.717, 1.165) is 48.3 Å². The topological polar surface area (TPSA) is 107 Å². The lowest BCUT2D eigenvalue weighted by Crippen LogP contribution is -2.33. The van der Waals surface area contributed by atoms with Crippen LogP contribution in [0.2, 0.25) is 0 Å². The first kappa shape index (κ1) is 26.6. The van der Waals surface area contributed by atoms with Crippen LogP contribution >= 0.6 is 0 Å². The molecule has 0 aliphatic carbocycles. The van der Waals surface area contributed by atoms with E-state index < -0.39 is 17.6 Å². The molecule has 2 aliphatic rings. The average Bonchev–Trinajstić information content (AvgIpc) is 3.54. The highest BCUT2D eigenvalue weighted by atomic mass is 16.5. The van der Waals surface area contributed by atoms with Crippen molar-refractivity contribution in [2.45, 2.75) is 45.8 Å². The highest BCUT2D eigenvalue weighted by molar-refractivity contribution is 6.03. The number of phenols is 2. The highest BCUT2D eigenvalue weighted by Crippen LogP contribution is 2.33. The standard InChI is InChI=1S/C30H35N3O6/c1-20-6-8-24(39-20)19-31(2)29(36)25-15-26(28(35)16-27(25)34)30(37)33-17-21-7-9-23(14-22(21)18-33)38-13-12-32-10-4-3-5-11-32/h6-9,14-16,34-35H,3-5,10-13,17-19H2,1-2H3. The summed E-state index contributed by atoms with van der Waals surface area (Å²) in [6.45, 7) is 6.52. The first-order valence-electron chi connectivity index (χ1n) is 13.4. The minimum atomic E-state index is -0.494. The molecule has 0 spiro atoms. The number of furan rings is 1. The van der Waals surface area contributed by atoms with Crippen molar-refractivity contribution in [2.24, 2.45) is 0 Å². The van der Waals surface area contributed by atoms with Crippen LogP contribution in [0.1, 0.15) is 62.6 Å². The number of benzene rings is 2. The fraction of sp³-hybridized carbons (Fsp3) is 0.400. The van der Waals surface area contributed by atoms with Gasteiger partial charge in [0.1, 0.15) is 35.4 Å². The Labute approximate surface area is 228 Å². The Morgan fingerprint density at radius 1 is 0.949 bits per heavy atom. The number of aromatic hydroxyl groups is 2. The van der Waals surface area contributed by atoms with Crippen molar-refractivity contribution in [3.8, 4) is 17.2 Å². The molecule has 39 heavy (non-hydrogen) atoms. The Morgan fingerprint density at radius 2 is 1.69 bits per heavy atom. The monoisotopic (exact) mass is 533 g/mol. The number of nitrogens with zero attached hydrogens (tertiary/aromatic N) is 3. The predicted molar refractivity (Wildman–Crippen MR) is 145 cm³/mol. The molecule has 206 valence electrons. The summed E-state index contributed by atoms with van der Waals surface area (Å²) < 4.78 is 11.5. The summed E-state index contributed by atoms with van der Waals surface area (Å²) in [7, 11) is 1.58. The van der Waals surface area contributed by atoms with E-state index in [9.17, 15) is 19.8 Å². The highest BCUT2D eigenvalue weighted by Gasteiger charge is 2.29. The van der Waals surface area contributed by atoms with Crippen molar-refractivity contribution in [1.29, 1.82) is 0 Å². The van der Waals surface area contributed by atoms with Gasteiger partial charge >= 0.3 is 0 Å². The van der Waals surface area contributed by atoms with Gasteiger partial charge in [0.25, 0.3) is 11.8 Å². The van der Waals surface area contributed by atoms with Crippen molar-refractivity contribution < 1.29 is 29.0 Å². The van der Waals surface area contributed by atoms with Crippen molar-refractivity contribution in [3.05, 3.63) is 76.2 Å². The molecule has 0 bridgehead atoms. The smallest absolute Gasteiger partial charge is 0.258 e. The van der Waals surface area contributed by atoms with Gasteiger partial charge in [-0.1, -0.05) is 12.5 Å². The number of carbonyl (C=O) groups excluding carboxylic acids is 2. The van der Waals surface area contributed by atoms with Gasteiger partial charge in [0.05, 0.1) is 17.7 Å². The van der Waals surface area contributed by atoms with Crippen LogP contribution in [-0.2, 0) is 19.6 Å².